The van der Waals surface area contributed by atoms with Gasteiger partial charge in [0.15, 0.2) is 0 Å². The van der Waals surface area contributed by atoms with E-state index in [0.29, 0.717) is 12.3 Å². The van der Waals surface area contributed by atoms with Crippen molar-refractivity contribution in [2.45, 2.75) is 19.8 Å². The molecule has 3 rings (SSSR count). The van der Waals surface area contributed by atoms with Gasteiger partial charge in [-0.2, -0.15) is 0 Å². The van der Waals surface area contributed by atoms with Gasteiger partial charge in [-0.1, -0.05) is 35.9 Å². The zero-order valence-corrected chi connectivity index (χ0v) is 12.8. The van der Waals surface area contributed by atoms with Crippen molar-refractivity contribution in [2.75, 3.05) is 5.32 Å². The van der Waals surface area contributed by atoms with Crippen molar-refractivity contribution < 1.29 is 9.21 Å². The lowest BCUT2D eigenvalue weighted by Gasteiger charge is -2.07. The molecule has 0 saturated carbocycles. The number of aromatic nitrogens is 2. The molecule has 1 amide bonds. The van der Waals surface area contributed by atoms with Gasteiger partial charge in [0.05, 0.1) is 0 Å². The first-order valence-electron chi connectivity index (χ1n) is 7.43. The van der Waals surface area contributed by atoms with Crippen LogP contribution in [0.2, 0.25) is 0 Å². The Bertz CT molecular complexity index is 798. The van der Waals surface area contributed by atoms with Gasteiger partial charge in [-0.25, -0.2) is 0 Å². The number of rotatable bonds is 5. The van der Waals surface area contributed by atoms with Crippen LogP contribution in [0.1, 0.15) is 17.5 Å². The van der Waals surface area contributed by atoms with E-state index >= 15 is 0 Å². The van der Waals surface area contributed by atoms with E-state index in [1.54, 1.807) is 0 Å². The van der Waals surface area contributed by atoms with Gasteiger partial charge in [0, 0.05) is 17.7 Å². The summed E-state index contributed by atoms with van der Waals surface area (Å²) in [7, 11) is 0. The SMILES string of the molecule is Cc1cccc(CCC(=O)Nc2cccc(-c3nnco3)c2)c1. The van der Waals surface area contributed by atoms with Gasteiger partial charge in [0.1, 0.15) is 0 Å². The molecule has 1 aromatic heterocycles. The molecule has 0 aliphatic rings. The maximum absolute atomic E-state index is 12.1. The molecule has 116 valence electrons. The standard InChI is InChI=1S/C18H17N3O2/c1-13-4-2-5-14(10-13)8-9-17(22)20-16-7-3-6-15(11-16)18-21-19-12-23-18/h2-7,10-12H,8-9H2,1H3,(H,20,22). The van der Waals surface area contributed by atoms with Crippen LogP contribution in [0.5, 0.6) is 0 Å². The lowest BCUT2D eigenvalue weighted by Crippen LogP contribution is -2.12. The number of benzene rings is 2. The van der Waals surface area contributed by atoms with Crippen molar-refractivity contribution in [3.8, 4) is 11.5 Å². The second kappa shape index (κ2) is 6.87. The molecular weight excluding hydrogens is 290 g/mol. The maximum atomic E-state index is 12.1. The molecule has 0 aliphatic heterocycles. The van der Waals surface area contributed by atoms with Crippen molar-refractivity contribution in [1.82, 2.24) is 10.2 Å². The largest absolute Gasteiger partial charge is 0.423 e. The number of nitrogens with zero attached hydrogens (tertiary/aromatic N) is 2. The van der Waals surface area contributed by atoms with Crippen LogP contribution in [0.25, 0.3) is 11.5 Å². The smallest absolute Gasteiger partial charge is 0.247 e. The van der Waals surface area contributed by atoms with Gasteiger partial charge >= 0.3 is 0 Å². The van der Waals surface area contributed by atoms with Gasteiger partial charge < -0.3 is 9.73 Å². The van der Waals surface area contributed by atoms with Gasteiger partial charge in [0.2, 0.25) is 18.2 Å². The Labute approximate surface area is 134 Å². The van der Waals surface area contributed by atoms with E-state index in [-0.39, 0.29) is 5.91 Å². The molecule has 5 heteroatoms. The van der Waals surface area contributed by atoms with Gasteiger partial charge in [-0.05, 0) is 37.1 Å². The van der Waals surface area contributed by atoms with Crippen LogP contribution >= 0.6 is 0 Å². The number of carbonyl (C=O) groups excluding carboxylic acids is 1. The summed E-state index contributed by atoms with van der Waals surface area (Å²) in [5.41, 5.74) is 3.86. The average molecular weight is 307 g/mol. The second-order valence-electron chi connectivity index (χ2n) is 5.36. The monoisotopic (exact) mass is 307 g/mol. The van der Waals surface area contributed by atoms with Gasteiger partial charge in [-0.15, -0.1) is 10.2 Å². The lowest BCUT2D eigenvalue weighted by atomic mass is 10.1. The van der Waals surface area contributed by atoms with Crippen molar-refractivity contribution in [2.24, 2.45) is 0 Å². The van der Waals surface area contributed by atoms with Crippen LogP contribution in [-0.4, -0.2) is 16.1 Å². The zero-order valence-electron chi connectivity index (χ0n) is 12.8. The molecule has 0 bridgehead atoms. The average Bonchev–Trinajstić information content (AvgIpc) is 3.08. The molecule has 5 nitrogen and oxygen atoms in total. The van der Waals surface area contributed by atoms with E-state index in [9.17, 15) is 4.79 Å². The molecule has 3 aromatic rings. The zero-order chi connectivity index (χ0) is 16.1. The molecule has 0 spiro atoms. The third-order valence-electron chi connectivity index (χ3n) is 3.48. The Morgan fingerprint density at radius 2 is 2.04 bits per heavy atom. The summed E-state index contributed by atoms with van der Waals surface area (Å²) >= 11 is 0. The highest BCUT2D eigenvalue weighted by Gasteiger charge is 2.07. The van der Waals surface area contributed by atoms with Crippen LogP contribution in [0.4, 0.5) is 5.69 Å². The molecule has 0 atom stereocenters. The van der Waals surface area contributed by atoms with E-state index in [0.717, 1.165) is 17.7 Å². The summed E-state index contributed by atoms with van der Waals surface area (Å²) < 4.78 is 5.16. The van der Waals surface area contributed by atoms with E-state index in [4.69, 9.17) is 4.42 Å². The van der Waals surface area contributed by atoms with Gasteiger partial charge in [0.25, 0.3) is 0 Å². The highest BCUT2D eigenvalue weighted by molar-refractivity contribution is 5.91. The summed E-state index contributed by atoms with van der Waals surface area (Å²) in [6, 6.07) is 15.6. The fourth-order valence-corrected chi connectivity index (χ4v) is 2.38. The van der Waals surface area contributed by atoms with Crippen molar-refractivity contribution in [3.63, 3.8) is 0 Å². The number of carbonyl (C=O) groups is 1. The van der Waals surface area contributed by atoms with Crippen molar-refractivity contribution in [3.05, 3.63) is 66.1 Å². The summed E-state index contributed by atoms with van der Waals surface area (Å²) in [4.78, 5) is 12.1. The third kappa shape index (κ3) is 4.03. The highest BCUT2D eigenvalue weighted by Crippen LogP contribution is 2.20. The molecule has 0 saturated heterocycles. The second-order valence-corrected chi connectivity index (χ2v) is 5.36. The molecular formula is C18H17N3O2. The van der Waals surface area contributed by atoms with E-state index in [1.165, 1.54) is 17.5 Å². The van der Waals surface area contributed by atoms with E-state index < -0.39 is 0 Å². The van der Waals surface area contributed by atoms with Crippen LogP contribution < -0.4 is 5.32 Å². The molecule has 23 heavy (non-hydrogen) atoms. The maximum Gasteiger partial charge on any atom is 0.247 e. The lowest BCUT2D eigenvalue weighted by molar-refractivity contribution is -0.116. The number of hydrogen-bond donors (Lipinski definition) is 1. The summed E-state index contributed by atoms with van der Waals surface area (Å²) in [5, 5.41) is 10.4. The third-order valence-corrected chi connectivity index (χ3v) is 3.48. The topological polar surface area (TPSA) is 68.0 Å². The normalized spacial score (nSPS) is 10.5. The molecule has 1 N–H and O–H groups in total. The summed E-state index contributed by atoms with van der Waals surface area (Å²) in [6.45, 7) is 2.05. The first kappa shape index (κ1) is 15.0. The predicted octanol–water partition coefficient (Wildman–Crippen LogP) is 3.62. The van der Waals surface area contributed by atoms with Crippen LogP contribution in [-0.2, 0) is 11.2 Å². The molecule has 0 fully saturated rings. The Hall–Kier alpha value is -2.95. The Kier molecular flexibility index (Phi) is 4.47. The van der Waals surface area contributed by atoms with Crippen LogP contribution in [0, 0.1) is 6.92 Å². The minimum atomic E-state index is -0.0193. The molecule has 0 unspecified atom stereocenters. The molecule has 2 aromatic carbocycles. The molecule has 1 heterocycles. The number of aryl methyl sites for hydroxylation is 2. The number of nitrogens with one attached hydrogen (secondary N) is 1. The van der Waals surface area contributed by atoms with E-state index in [2.05, 4.69) is 21.6 Å². The molecule has 0 aliphatic carbocycles. The van der Waals surface area contributed by atoms with Crippen LogP contribution in [0.15, 0.2) is 59.3 Å². The van der Waals surface area contributed by atoms with Crippen molar-refractivity contribution in [1.29, 1.82) is 0 Å². The first-order chi connectivity index (χ1) is 11.2. The van der Waals surface area contributed by atoms with E-state index in [1.807, 2.05) is 49.4 Å². The number of hydrogen-bond acceptors (Lipinski definition) is 4. The fourth-order valence-electron chi connectivity index (χ4n) is 2.38. The minimum Gasteiger partial charge on any atom is -0.423 e. The summed E-state index contributed by atoms with van der Waals surface area (Å²) in [6.07, 6.45) is 2.44. The highest BCUT2D eigenvalue weighted by atomic mass is 16.4. The summed E-state index contributed by atoms with van der Waals surface area (Å²) in [5.74, 6) is 0.412. The Morgan fingerprint density at radius 3 is 2.83 bits per heavy atom. The fraction of sp³-hybridized carbons (Fsp3) is 0.167. The number of anilines is 1. The number of amides is 1. The quantitative estimate of drug-likeness (QED) is 0.781. The van der Waals surface area contributed by atoms with Crippen LogP contribution in [0.3, 0.4) is 0 Å². The van der Waals surface area contributed by atoms with Gasteiger partial charge in [-0.3, -0.25) is 4.79 Å². The minimum absolute atomic E-state index is 0.0193. The van der Waals surface area contributed by atoms with Crippen molar-refractivity contribution >= 4 is 11.6 Å². The Balaban J connectivity index is 1.61. The molecule has 0 radical (unpaired) electrons. The Morgan fingerprint density at radius 1 is 1.17 bits per heavy atom. The predicted molar refractivity (Wildman–Crippen MR) is 87.9 cm³/mol. The first-order valence-corrected chi connectivity index (χ1v) is 7.43.